The fraction of sp³-hybridized carbons (Fsp3) is 0.538. The van der Waals surface area contributed by atoms with E-state index in [0.717, 1.165) is 30.4 Å². The predicted octanol–water partition coefficient (Wildman–Crippen LogP) is 2.20. The van der Waals surface area contributed by atoms with Crippen molar-refractivity contribution in [2.75, 3.05) is 18.9 Å². The van der Waals surface area contributed by atoms with Crippen LogP contribution in [0.5, 0.6) is 5.75 Å². The molecule has 0 aliphatic heterocycles. The van der Waals surface area contributed by atoms with E-state index in [1.807, 2.05) is 11.8 Å². The van der Waals surface area contributed by atoms with Gasteiger partial charge in [0.25, 0.3) is 0 Å². The number of hydrogen-bond donors (Lipinski definition) is 1. The van der Waals surface area contributed by atoms with E-state index in [-0.39, 0.29) is 0 Å². The van der Waals surface area contributed by atoms with Crippen LogP contribution in [-0.2, 0) is 5.75 Å². The van der Waals surface area contributed by atoms with Gasteiger partial charge in [-0.1, -0.05) is 26.0 Å². The van der Waals surface area contributed by atoms with Crippen LogP contribution < -0.4 is 10.5 Å². The van der Waals surface area contributed by atoms with Gasteiger partial charge in [0, 0.05) is 11.5 Å². The Morgan fingerprint density at radius 1 is 1.25 bits per heavy atom. The van der Waals surface area contributed by atoms with Crippen LogP contribution >= 0.6 is 11.8 Å². The maximum absolute atomic E-state index is 5.63. The average Bonchev–Trinajstić information content (AvgIpc) is 2.28. The predicted molar refractivity (Wildman–Crippen MR) is 70.7 cm³/mol. The van der Waals surface area contributed by atoms with Gasteiger partial charge in [0.1, 0.15) is 5.75 Å². The van der Waals surface area contributed by atoms with Crippen molar-refractivity contribution >= 4 is 11.8 Å². The molecule has 16 heavy (non-hydrogen) atoms. The van der Waals surface area contributed by atoms with Crippen molar-refractivity contribution in [2.24, 2.45) is 5.92 Å². The smallest absolute Gasteiger partial charge is 0.119 e. The Morgan fingerprint density at radius 2 is 1.94 bits per heavy atom. The Balaban J connectivity index is 2.35. The summed E-state index contributed by atoms with van der Waals surface area (Å²) in [5, 5.41) is 0. The van der Waals surface area contributed by atoms with E-state index in [0.29, 0.717) is 5.92 Å². The molecule has 0 atom stereocenters. The van der Waals surface area contributed by atoms with Gasteiger partial charge < -0.3 is 10.5 Å². The van der Waals surface area contributed by atoms with E-state index in [9.17, 15) is 0 Å². The van der Waals surface area contributed by atoms with Gasteiger partial charge in [-0.3, -0.25) is 0 Å². The second-order valence-electron chi connectivity index (χ2n) is 4.25. The molecule has 0 heterocycles. The monoisotopic (exact) mass is 240 g/mol. The van der Waals surface area contributed by atoms with Crippen LogP contribution in [0.25, 0.3) is 0 Å². The Labute approximate surface area is 103 Å². The number of rotatable bonds is 7. The zero-order valence-electron chi connectivity index (χ0n) is 10.2. The molecule has 0 saturated heterocycles. The maximum atomic E-state index is 5.63. The largest absolute Gasteiger partial charge is 0.493 e. The van der Waals surface area contributed by atoms with Crippen molar-refractivity contribution in [3.8, 4) is 5.75 Å². The highest BCUT2D eigenvalue weighted by atomic mass is 32.2. The van der Waals surface area contributed by atoms with Gasteiger partial charge >= 0.3 is 0 Å². The van der Waals surface area contributed by atoms with Gasteiger partial charge in [0.05, 0.1) is 13.2 Å². The van der Waals surface area contributed by atoms with E-state index < -0.39 is 0 Å². The summed E-state index contributed by atoms with van der Waals surface area (Å²) < 4.78 is 5.63. The standard InChI is InChI=1S/C13H21NOS/c1-11(2)9-15-13-5-3-12(4-6-13)10-16-8-7-14/h3-6,11H,7-10,14H2,1-2H3/p+1. The molecule has 0 aromatic heterocycles. The Hall–Kier alpha value is -0.670. The van der Waals surface area contributed by atoms with Gasteiger partial charge in [-0.15, -0.1) is 0 Å². The first-order valence-electron chi connectivity index (χ1n) is 5.81. The summed E-state index contributed by atoms with van der Waals surface area (Å²) in [5.74, 6) is 3.75. The molecule has 90 valence electrons. The second-order valence-corrected chi connectivity index (χ2v) is 5.36. The zero-order chi connectivity index (χ0) is 11.8. The molecule has 0 spiro atoms. The highest BCUT2D eigenvalue weighted by Gasteiger charge is 1.98. The Morgan fingerprint density at radius 3 is 2.50 bits per heavy atom. The van der Waals surface area contributed by atoms with Crippen molar-refractivity contribution in [1.82, 2.24) is 0 Å². The van der Waals surface area contributed by atoms with Crippen LogP contribution in [-0.4, -0.2) is 18.9 Å². The van der Waals surface area contributed by atoms with Gasteiger partial charge in [0.2, 0.25) is 0 Å². The van der Waals surface area contributed by atoms with Gasteiger partial charge in [-0.25, -0.2) is 0 Å². The van der Waals surface area contributed by atoms with Gasteiger partial charge in [-0.2, -0.15) is 11.8 Å². The van der Waals surface area contributed by atoms with Crippen LogP contribution in [0.2, 0.25) is 0 Å². The summed E-state index contributed by atoms with van der Waals surface area (Å²) in [6, 6.07) is 8.41. The molecule has 3 heteroatoms. The van der Waals surface area contributed by atoms with Gasteiger partial charge in [0.15, 0.2) is 0 Å². The lowest BCUT2D eigenvalue weighted by Gasteiger charge is -2.09. The van der Waals surface area contributed by atoms with Crippen LogP contribution in [0.1, 0.15) is 19.4 Å². The molecule has 0 aliphatic carbocycles. The highest BCUT2D eigenvalue weighted by Crippen LogP contribution is 2.16. The molecule has 0 saturated carbocycles. The molecule has 0 unspecified atom stereocenters. The zero-order valence-corrected chi connectivity index (χ0v) is 11.1. The summed E-state index contributed by atoms with van der Waals surface area (Å²) in [7, 11) is 0. The van der Waals surface area contributed by atoms with Crippen LogP contribution in [0.4, 0.5) is 0 Å². The van der Waals surface area contributed by atoms with E-state index >= 15 is 0 Å². The summed E-state index contributed by atoms with van der Waals surface area (Å²) >= 11 is 1.93. The first-order chi connectivity index (χ1) is 7.72. The molecule has 3 N–H and O–H groups in total. The Bertz CT molecular complexity index is 284. The van der Waals surface area contributed by atoms with Crippen molar-refractivity contribution in [2.45, 2.75) is 19.6 Å². The molecule has 0 amide bonds. The lowest BCUT2D eigenvalue weighted by molar-refractivity contribution is -0.360. The molecule has 0 aliphatic rings. The first-order valence-corrected chi connectivity index (χ1v) is 6.96. The molecule has 1 rings (SSSR count). The van der Waals surface area contributed by atoms with Crippen molar-refractivity contribution in [3.63, 3.8) is 0 Å². The molecule has 1 aromatic rings. The van der Waals surface area contributed by atoms with Crippen LogP contribution in [0, 0.1) is 5.92 Å². The molecule has 1 aromatic carbocycles. The van der Waals surface area contributed by atoms with E-state index in [1.54, 1.807) is 0 Å². The third-order valence-electron chi connectivity index (χ3n) is 2.06. The lowest BCUT2D eigenvalue weighted by Crippen LogP contribution is -2.51. The van der Waals surface area contributed by atoms with Gasteiger partial charge in [-0.05, 0) is 23.6 Å². The van der Waals surface area contributed by atoms with E-state index in [4.69, 9.17) is 4.74 Å². The van der Waals surface area contributed by atoms with Crippen molar-refractivity contribution in [3.05, 3.63) is 29.8 Å². The number of thioether (sulfide) groups is 1. The minimum absolute atomic E-state index is 0.576. The summed E-state index contributed by atoms with van der Waals surface area (Å²) in [6.45, 7) is 6.10. The molecule has 0 fully saturated rings. The SMILES string of the molecule is CC(C)COc1ccc(CSCC[NH3+])cc1. The third-order valence-corrected chi connectivity index (χ3v) is 3.18. The minimum atomic E-state index is 0.576. The van der Waals surface area contributed by atoms with Crippen molar-refractivity contribution < 1.29 is 10.5 Å². The highest BCUT2D eigenvalue weighted by molar-refractivity contribution is 7.98. The fourth-order valence-corrected chi connectivity index (χ4v) is 2.01. The van der Waals surface area contributed by atoms with Crippen molar-refractivity contribution in [1.29, 1.82) is 0 Å². The lowest BCUT2D eigenvalue weighted by atomic mass is 10.2. The molecule has 2 nitrogen and oxygen atoms in total. The summed E-state index contributed by atoms with van der Waals surface area (Å²) in [5.41, 5.74) is 5.19. The van der Waals surface area contributed by atoms with Crippen LogP contribution in [0.15, 0.2) is 24.3 Å². The summed E-state index contributed by atoms with van der Waals surface area (Å²) in [4.78, 5) is 0. The third kappa shape index (κ3) is 5.42. The maximum Gasteiger partial charge on any atom is 0.119 e. The fourth-order valence-electron chi connectivity index (χ4n) is 1.24. The van der Waals surface area contributed by atoms with Crippen LogP contribution in [0.3, 0.4) is 0 Å². The molecule has 0 bridgehead atoms. The number of hydrogen-bond acceptors (Lipinski definition) is 2. The summed E-state index contributed by atoms with van der Waals surface area (Å²) in [6.07, 6.45) is 0. The van der Waals surface area contributed by atoms with E-state index in [2.05, 4.69) is 43.8 Å². The number of ether oxygens (including phenoxy) is 1. The topological polar surface area (TPSA) is 36.9 Å². The first kappa shape index (κ1) is 13.4. The average molecular weight is 240 g/mol. The number of quaternary nitrogens is 1. The number of benzene rings is 1. The van der Waals surface area contributed by atoms with E-state index in [1.165, 1.54) is 5.56 Å². The molecule has 0 radical (unpaired) electrons. The molecular formula is C13H22NOS+. The Kier molecular flexibility index (Phi) is 6.34. The quantitative estimate of drug-likeness (QED) is 0.742. The molecular weight excluding hydrogens is 218 g/mol. The normalized spacial score (nSPS) is 10.8. The second kappa shape index (κ2) is 7.58. The minimum Gasteiger partial charge on any atom is -0.493 e.